The van der Waals surface area contributed by atoms with Crippen LogP contribution in [0, 0.1) is 0 Å². The average Bonchev–Trinajstić information content (AvgIpc) is 2.92. The van der Waals surface area contributed by atoms with Crippen LogP contribution in [0.2, 0.25) is 0 Å². The van der Waals surface area contributed by atoms with Crippen molar-refractivity contribution in [2.45, 2.75) is 33.4 Å². The van der Waals surface area contributed by atoms with Crippen molar-refractivity contribution in [1.29, 1.82) is 0 Å². The summed E-state index contributed by atoms with van der Waals surface area (Å²) in [5, 5.41) is 7.72. The lowest BCUT2D eigenvalue weighted by Gasteiger charge is -2.30. The summed E-state index contributed by atoms with van der Waals surface area (Å²) < 4.78 is 1.98. The number of fused-ring (bicyclic) bond motifs is 1. The van der Waals surface area contributed by atoms with E-state index < -0.39 is 0 Å². The van der Waals surface area contributed by atoms with Gasteiger partial charge < -0.3 is 10.2 Å². The molecule has 2 aromatic rings. The lowest BCUT2D eigenvalue weighted by Crippen LogP contribution is -2.39. The molecular formula is C16H20N4O. The Morgan fingerprint density at radius 3 is 2.86 bits per heavy atom. The number of amides is 1. The van der Waals surface area contributed by atoms with E-state index in [-0.39, 0.29) is 5.91 Å². The number of hydrogen-bond acceptors (Lipinski definition) is 3. The van der Waals surface area contributed by atoms with E-state index in [1.807, 2.05) is 33.8 Å². The topological polar surface area (TPSA) is 50.2 Å². The lowest BCUT2D eigenvalue weighted by atomic mass is 10.2. The molecule has 0 saturated carbocycles. The van der Waals surface area contributed by atoms with Crippen LogP contribution in [0.25, 0.3) is 0 Å². The van der Waals surface area contributed by atoms with Gasteiger partial charge in [-0.05, 0) is 31.5 Å². The van der Waals surface area contributed by atoms with Gasteiger partial charge in [-0.1, -0.05) is 19.1 Å². The summed E-state index contributed by atoms with van der Waals surface area (Å²) >= 11 is 0. The van der Waals surface area contributed by atoms with Gasteiger partial charge in [0.2, 0.25) is 5.91 Å². The molecule has 110 valence electrons. The molecule has 0 fully saturated rings. The predicted octanol–water partition coefficient (Wildman–Crippen LogP) is 2.42. The minimum Gasteiger partial charge on any atom is -0.374 e. The van der Waals surface area contributed by atoms with Gasteiger partial charge in [-0.15, -0.1) is 0 Å². The van der Waals surface area contributed by atoms with Crippen LogP contribution in [-0.4, -0.2) is 22.2 Å². The number of carbonyl (C=O) groups is 1. The zero-order chi connectivity index (χ0) is 14.8. The predicted molar refractivity (Wildman–Crippen MR) is 83.4 cm³/mol. The van der Waals surface area contributed by atoms with Crippen molar-refractivity contribution in [2.24, 2.45) is 0 Å². The highest BCUT2D eigenvalue weighted by atomic mass is 16.2. The van der Waals surface area contributed by atoms with Crippen molar-refractivity contribution in [3.05, 3.63) is 41.7 Å². The molecule has 0 bridgehead atoms. The minimum atomic E-state index is 0.0931. The Bertz CT molecular complexity index is 662. The van der Waals surface area contributed by atoms with Crippen LogP contribution >= 0.6 is 0 Å². The number of hydrogen-bond donors (Lipinski definition) is 1. The second kappa shape index (κ2) is 5.60. The van der Waals surface area contributed by atoms with Crippen LogP contribution in [0.5, 0.6) is 0 Å². The number of carbonyl (C=O) groups excluding carboxylic acids is 1. The summed E-state index contributed by atoms with van der Waals surface area (Å²) in [5.74, 6) is 0.0931. The molecule has 1 aromatic heterocycles. The van der Waals surface area contributed by atoms with Crippen LogP contribution in [0.15, 0.2) is 30.3 Å². The van der Waals surface area contributed by atoms with Crippen LogP contribution < -0.4 is 10.2 Å². The molecule has 0 radical (unpaired) electrons. The molecule has 2 heterocycles. The van der Waals surface area contributed by atoms with E-state index in [0.29, 0.717) is 13.1 Å². The number of benzene rings is 1. The van der Waals surface area contributed by atoms with Crippen LogP contribution in [0.1, 0.15) is 25.2 Å². The van der Waals surface area contributed by atoms with Gasteiger partial charge in [0, 0.05) is 6.54 Å². The average molecular weight is 284 g/mol. The Morgan fingerprint density at radius 2 is 2.10 bits per heavy atom. The molecule has 3 rings (SSSR count). The second-order valence-corrected chi connectivity index (χ2v) is 5.15. The first-order valence-corrected chi connectivity index (χ1v) is 7.41. The molecule has 5 heteroatoms. The number of anilines is 2. The highest BCUT2D eigenvalue weighted by Crippen LogP contribution is 2.30. The van der Waals surface area contributed by atoms with Crippen molar-refractivity contribution >= 4 is 17.3 Å². The molecule has 0 unspecified atom stereocenters. The molecule has 0 atom stereocenters. The van der Waals surface area contributed by atoms with Crippen LogP contribution in [-0.2, 0) is 24.3 Å². The molecule has 1 aromatic carbocycles. The largest absolute Gasteiger partial charge is 0.374 e. The Balaban J connectivity index is 1.94. The number of aryl methyl sites for hydroxylation is 2. The van der Waals surface area contributed by atoms with E-state index in [2.05, 4.69) is 30.3 Å². The molecule has 0 saturated heterocycles. The molecule has 1 N–H and O–H groups in total. The molecule has 0 aliphatic carbocycles. The SMILES string of the molecule is CCc1cc(CN2C(=O)CNc3ccccc32)n(CC)n1. The zero-order valence-corrected chi connectivity index (χ0v) is 12.5. The number of nitrogens with one attached hydrogen (secondary N) is 1. The lowest BCUT2D eigenvalue weighted by molar-refractivity contribution is -0.117. The minimum absolute atomic E-state index is 0.0931. The zero-order valence-electron chi connectivity index (χ0n) is 12.5. The van der Waals surface area contributed by atoms with Crippen LogP contribution in [0.4, 0.5) is 11.4 Å². The summed E-state index contributed by atoms with van der Waals surface area (Å²) in [6.45, 7) is 5.90. The Morgan fingerprint density at radius 1 is 1.29 bits per heavy atom. The highest BCUT2D eigenvalue weighted by molar-refractivity contribution is 6.02. The Hall–Kier alpha value is -2.30. The first kappa shape index (κ1) is 13.7. The highest BCUT2D eigenvalue weighted by Gasteiger charge is 2.24. The van der Waals surface area contributed by atoms with Crippen molar-refractivity contribution in [3.8, 4) is 0 Å². The van der Waals surface area contributed by atoms with E-state index in [0.717, 1.165) is 35.7 Å². The molecule has 0 spiro atoms. The summed E-state index contributed by atoms with van der Waals surface area (Å²) in [4.78, 5) is 14.1. The number of para-hydroxylation sites is 2. The number of aromatic nitrogens is 2. The monoisotopic (exact) mass is 284 g/mol. The molecule has 1 aliphatic heterocycles. The van der Waals surface area contributed by atoms with E-state index >= 15 is 0 Å². The van der Waals surface area contributed by atoms with Gasteiger partial charge in [0.1, 0.15) is 0 Å². The fourth-order valence-corrected chi connectivity index (χ4v) is 2.68. The van der Waals surface area contributed by atoms with Gasteiger partial charge >= 0.3 is 0 Å². The van der Waals surface area contributed by atoms with Crippen molar-refractivity contribution in [1.82, 2.24) is 9.78 Å². The van der Waals surface area contributed by atoms with Gasteiger partial charge in [-0.25, -0.2) is 0 Å². The Kier molecular flexibility index (Phi) is 3.64. The van der Waals surface area contributed by atoms with Gasteiger partial charge in [0.15, 0.2) is 0 Å². The van der Waals surface area contributed by atoms with Crippen molar-refractivity contribution in [3.63, 3.8) is 0 Å². The maximum atomic E-state index is 12.3. The Labute approximate surface area is 124 Å². The fourth-order valence-electron chi connectivity index (χ4n) is 2.68. The summed E-state index contributed by atoms with van der Waals surface area (Å²) in [5.41, 5.74) is 4.10. The van der Waals surface area contributed by atoms with E-state index in [1.165, 1.54) is 0 Å². The maximum absolute atomic E-state index is 12.3. The first-order chi connectivity index (χ1) is 10.2. The molecule has 5 nitrogen and oxygen atoms in total. The normalized spacial score (nSPS) is 14.0. The quantitative estimate of drug-likeness (QED) is 0.938. The standard InChI is InChI=1S/C16H20N4O/c1-3-12-9-13(20(4-2)18-12)11-19-15-8-6-5-7-14(15)17-10-16(19)21/h5-9,17H,3-4,10-11H2,1-2H3. The van der Waals surface area contributed by atoms with E-state index in [9.17, 15) is 4.79 Å². The second-order valence-electron chi connectivity index (χ2n) is 5.15. The van der Waals surface area contributed by atoms with Crippen molar-refractivity contribution in [2.75, 3.05) is 16.8 Å². The van der Waals surface area contributed by atoms with Gasteiger partial charge in [0.05, 0.1) is 35.9 Å². The third-order valence-electron chi connectivity index (χ3n) is 3.82. The molecule has 21 heavy (non-hydrogen) atoms. The van der Waals surface area contributed by atoms with Crippen LogP contribution in [0.3, 0.4) is 0 Å². The molecule has 1 aliphatic rings. The van der Waals surface area contributed by atoms with Gasteiger partial charge in [-0.2, -0.15) is 5.10 Å². The van der Waals surface area contributed by atoms with Gasteiger partial charge in [-0.3, -0.25) is 9.48 Å². The number of rotatable bonds is 4. The van der Waals surface area contributed by atoms with Crippen molar-refractivity contribution < 1.29 is 4.79 Å². The third kappa shape index (κ3) is 2.51. The fraction of sp³-hybridized carbons (Fsp3) is 0.375. The first-order valence-electron chi connectivity index (χ1n) is 7.41. The van der Waals surface area contributed by atoms with E-state index in [4.69, 9.17) is 0 Å². The summed E-state index contributed by atoms with van der Waals surface area (Å²) in [6, 6.07) is 10.0. The molecule has 1 amide bonds. The smallest absolute Gasteiger partial charge is 0.246 e. The molecular weight excluding hydrogens is 264 g/mol. The number of nitrogens with zero attached hydrogens (tertiary/aromatic N) is 3. The maximum Gasteiger partial charge on any atom is 0.246 e. The summed E-state index contributed by atoms with van der Waals surface area (Å²) in [6.07, 6.45) is 0.909. The third-order valence-corrected chi connectivity index (χ3v) is 3.82. The van der Waals surface area contributed by atoms with Gasteiger partial charge in [0.25, 0.3) is 0 Å². The van der Waals surface area contributed by atoms with E-state index in [1.54, 1.807) is 0 Å². The summed E-state index contributed by atoms with van der Waals surface area (Å²) in [7, 11) is 0.